The molecule has 1 aliphatic rings. The van der Waals surface area contributed by atoms with E-state index in [1.54, 1.807) is 0 Å². The van der Waals surface area contributed by atoms with Crippen molar-refractivity contribution in [3.8, 4) is 5.75 Å². The molecule has 2 aromatic carbocycles. The second kappa shape index (κ2) is 8.91. The SMILES string of the molecule is Cc1ccc(N(CCCC(=O)N[C@H]2CC(C)(C)Oc3ccccc32)S(C)(=O)=O)cc1C. The number of amides is 1. The van der Waals surface area contributed by atoms with Crippen molar-refractivity contribution in [2.24, 2.45) is 0 Å². The molecule has 0 fully saturated rings. The van der Waals surface area contributed by atoms with Gasteiger partial charge in [0.1, 0.15) is 11.4 Å². The minimum Gasteiger partial charge on any atom is -0.487 e. The Morgan fingerprint density at radius 2 is 1.87 bits per heavy atom. The fourth-order valence-corrected chi connectivity index (χ4v) is 4.91. The second-order valence-corrected chi connectivity index (χ2v) is 10.8. The molecular weight excluding hydrogens is 412 g/mol. The third kappa shape index (κ3) is 5.79. The first-order valence-corrected chi connectivity index (χ1v) is 12.4. The molecule has 31 heavy (non-hydrogen) atoms. The monoisotopic (exact) mass is 444 g/mol. The van der Waals surface area contributed by atoms with Crippen LogP contribution in [0.15, 0.2) is 42.5 Å². The summed E-state index contributed by atoms with van der Waals surface area (Å²) in [6, 6.07) is 13.2. The molecule has 6 nitrogen and oxygen atoms in total. The normalized spacial score (nSPS) is 17.4. The third-order valence-corrected chi connectivity index (χ3v) is 6.85. The Morgan fingerprint density at radius 1 is 1.16 bits per heavy atom. The maximum atomic E-state index is 12.7. The first kappa shape index (κ1) is 23.1. The van der Waals surface area contributed by atoms with Crippen molar-refractivity contribution >= 4 is 21.6 Å². The summed E-state index contributed by atoms with van der Waals surface area (Å²) in [5.41, 5.74) is 3.37. The quantitative estimate of drug-likeness (QED) is 0.692. The van der Waals surface area contributed by atoms with Crippen molar-refractivity contribution in [1.82, 2.24) is 5.32 Å². The van der Waals surface area contributed by atoms with E-state index < -0.39 is 10.0 Å². The largest absolute Gasteiger partial charge is 0.487 e. The maximum absolute atomic E-state index is 12.7. The summed E-state index contributed by atoms with van der Waals surface area (Å²) in [4.78, 5) is 12.7. The molecule has 0 saturated heterocycles. The van der Waals surface area contributed by atoms with Crippen molar-refractivity contribution < 1.29 is 17.9 Å². The lowest BCUT2D eigenvalue weighted by atomic mass is 9.89. The molecule has 168 valence electrons. The summed E-state index contributed by atoms with van der Waals surface area (Å²) in [5, 5.41) is 3.11. The van der Waals surface area contributed by atoms with Gasteiger partial charge in [0.2, 0.25) is 15.9 Å². The fraction of sp³-hybridized carbons (Fsp3) is 0.458. The van der Waals surface area contributed by atoms with Crippen LogP contribution in [0.2, 0.25) is 0 Å². The molecule has 0 spiro atoms. The summed E-state index contributed by atoms with van der Waals surface area (Å²) in [7, 11) is -3.44. The molecule has 1 atom stereocenters. The van der Waals surface area contributed by atoms with Crippen LogP contribution < -0.4 is 14.4 Å². The molecule has 0 aromatic heterocycles. The van der Waals surface area contributed by atoms with E-state index in [1.807, 2.05) is 70.2 Å². The zero-order valence-electron chi connectivity index (χ0n) is 18.9. The molecule has 1 amide bonds. The van der Waals surface area contributed by atoms with Gasteiger partial charge >= 0.3 is 0 Å². The number of rotatable bonds is 7. The van der Waals surface area contributed by atoms with E-state index >= 15 is 0 Å². The van der Waals surface area contributed by atoms with Gasteiger partial charge in [0.25, 0.3) is 0 Å². The van der Waals surface area contributed by atoms with Gasteiger partial charge in [-0.1, -0.05) is 24.3 Å². The molecule has 1 aliphatic heterocycles. The Bertz CT molecular complexity index is 1060. The van der Waals surface area contributed by atoms with Crippen LogP contribution in [0.5, 0.6) is 5.75 Å². The first-order valence-electron chi connectivity index (χ1n) is 10.6. The van der Waals surface area contributed by atoms with Crippen molar-refractivity contribution in [3.63, 3.8) is 0 Å². The molecular formula is C24H32N2O4S. The zero-order valence-corrected chi connectivity index (χ0v) is 19.8. The average molecular weight is 445 g/mol. The lowest BCUT2D eigenvalue weighted by Gasteiger charge is -2.37. The van der Waals surface area contributed by atoms with Crippen molar-refractivity contribution in [2.45, 2.75) is 58.6 Å². The number of carbonyl (C=O) groups is 1. The van der Waals surface area contributed by atoms with Gasteiger partial charge in [-0.2, -0.15) is 0 Å². The molecule has 7 heteroatoms. The number of fused-ring (bicyclic) bond motifs is 1. The number of para-hydroxylation sites is 1. The fourth-order valence-electron chi connectivity index (χ4n) is 3.95. The van der Waals surface area contributed by atoms with Gasteiger partial charge in [-0.25, -0.2) is 8.42 Å². The highest BCUT2D eigenvalue weighted by Crippen LogP contribution is 2.39. The van der Waals surface area contributed by atoms with Gasteiger partial charge in [-0.3, -0.25) is 9.10 Å². The summed E-state index contributed by atoms with van der Waals surface area (Å²) < 4.78 is 32.1. The van der Waals surface area contributed by atoms with E-state index in [-0.39, 0.29) is 30.5 Å². The van der Waals surface area contributed by atoms with Gasteiger partial charge < -0.3 is 10.1 Å². The highest BCUT2D eigenvalue weighted by Gasteiger charge is 2.34. The van der Waals surface area contributed by atoms with E-state index in [0.717, 1.165) is 22.4 Å². The number of benzene rings is 2. The molecule has 0 unspecified atom stereocenters. The topological polar surface area (TPSA) is 75.7 Å². The van der Waals surface area contributed by atoms with Crippen LogP contribution in [0.3, 0.4) is 0 Å². The third-order valence-electron chi connectivity index (χ3n) is 5.66. The summed E-state index contributed by atoms with van der Waals surface area (Å²) in [6.45, 7) is 8.22. The highest BCUT2D eigenvalue weighted by atomic mass is 32.2. The maximum Gasteiger partial charge on any atom is 0.232 e. The highest BCUT2D eigenvalue weighted by molar-refractivity contribution is 7.92. The number of sulfonamides is 1. The predicted octanol–water partition coefficient (Wildman–Crippen LogP) is 4.27. The van der Waals surface area contributed by atoms with Gasteiger partial charge in [-0.05, 0) is 63.4 Å². The van der Waals surface area contributed by atoms with Crippen molar-refractivity contribution in [2.75, 3.05) is 17.1 Å². The smallest absolute Gasteiger partial charge is 0.232 e. The Labute approximate surface area is 185 Å². The molecule has 1 N–H and O–H groups in total. The van der Waals surface area contributed by atoms with Crippen molar-refractivity contribution in [1.29, 1.82) is 0 Å². The van der Waals surface area contributed by atoms with Crippen LogP contribution in [0.25, 0.3) is 0 Å². The molecule has 2 aromatic rings. The van der Waals surface area contributed by atoms with E-state index in [2.05, 4.69) is 5.32 Å². The van der Waals surface area contributed by atoms with Gasteiger partial charge in [0, 0.05) is 24.9 Å². The van der Waals surface area contributed by atoms with E-state index in [0.29, 0.717) is 18.5 Å². The van der Waals surface area contributed by atoms with Crippen LogP contribution in [0, 0.1) is 13.8 Å². The Morgan fingerprint density at radius 3 is 2.55 bits per heavy atom. The number of nitrogens with one attached hydrogen (secondary N) is 1. The number of nitrogens with zero attached hydrogens (tertiary/aromatic N) is 1. The summed E-state index contributed by atoms with van der Waals surface area (Å²) in [5.74, 6) is 0.702. The number of ether oxygens (including phenoxy) is 1. The molecule has 1 heterocycles. The predicted molar refractivity (Wildman–Crippen MR) is 124 cm³/mol. The number of aryl methyl sites for hydroxylation is 2. The first-order chi connectivity index (χ1) is 14.5. The minimum atomic E-state index is -3.44. The Balaban J connectivity index is 1.64. The van der Waals surface area contributed by atoms with Gasteiger partial charge in [0.15, 0.2) is 0 Å². The minimum absolute atomic E-state index is 0.0916. The van der Waals surface area contributed by atoms with Crippen LogP contribution in [-0.4, -0.2) is 32.7 Å². The van der Waals surface area contributed by atoms with Gasteiger partial charge in [0.05, 0.1) is 18.0 Å². The van der Waals surface area contributed by atoms with E-state index in [1.165, 1.54) is 10.6 Å². The molecule has 0 saturated carbocycles. The summed E-state index contributed by atoms with van der Waals surface area (Å²) >= 11 is 0. The standard InChI is InChI=1S/C24H32N2O4S/c1-17-12-13-19(15-18(17)2)26(31(5,28)29)14-8-11-23(27)25-21-16-24(3,4)30-22-10-7-6-9-20(21)22/h6-7,9-10,12-13,15,21H,8,11,14,16H2,1-5H3,(H,25,27)/t21-/m0/s1. The lowest BCUT2D eigenvalue weighted by molar-refractivity contribution is -0.122. The number of carbonyl (C=O) groups excluding carboxylic acids is 1. The Hall–Kier alpha value is -2.54. The van der Waals surface area contributed by atoms with E-state index in [4.69, 9.17) is 4.74 Å². The molecule has 0 bridgehead atoms. The molecule has 0 radical (unpaired) electrons. The number of hydrogen-bond donors (Lipinski definition) is 1. The van der Waals surface area contributed by atoms with Crippen LogP contribution in [0.1, 0.15) is 55.8 Å². The zero-order chi connectivity index (χ0) is 22.8. The lowest BCUT2D eigenvalue weighted by Crippen LogP contribution is -2.41. The molecule has 3 rings (SSSR count). The second-order valence-electron chi connectivity index (χ2n) is 8.93. The number of anilines is 1. The van der Waals surface area contributed by atoms with Crippen molar-refractivity contribution in [3.05, 3.63) is 59.2 Å². The van der Waals surface area contributed by atoms with Crippen LogP contribution in [-0.2, 0) is 14.8 Å². The average Bonchev–Trinajstić information content (AvgIpc) is 2.66. The Kier molecular flexibility index (Phi) is 6.65. The number of hydrogen-bond acceptors (Lipinski definition) is 4. The summed E-state index contributed by atoms with van der Waals surface area (Å²) in [6.07, 6.45) is 2.55. The van der Waals surface area contributed by atoms with Crippen LogP contribution in [0.4, 0.5) is 5.69 Å². The van der Waals surface area contributed by atoms with Gasteiger partial charge in [-0.15, -0.1) is 0 Å². The molecule has 0 aliphatic carbocycles. The van der Waals surface area contributed by atoms with Crippen LogP contribution >= 0.6 is 0 Å². The van der Waals surface area contributed by atoms with E-state index in [9.17, 15) is 13.2 Å².